The summed E-state index contributed by atoms with van der Waals surface area (Å²) >= 11 is 2.75. The Morgan fingerprint density at radius 2 is 1.85 bits per heavy atom. The standard InChI is InChI=1S/C7H11BrO5/c8-1-5(11)7(13)4(2-9)6(12)3-10/h1,6,9-13H,2-3H2/b5-1-,7-4+. The quantitative estimate of drug-likeness (QED) is 0.358. The van der Waals surface area contributed by atoms with Gasteiger partial charge in [-0.1, -0.05) is 15.9 Å². The first kappa shape index (κ1) is 12.4. The number of halogens is 1. The number of aliphatic hydroxyl groups is 5. The second kappa shape index (κ2) is 5.98. The predicted molar refractivity (Wildman–Crippen MR) is 49.5 cm³/mol. The van der Waals surface area contributed by atoms with E-state index in [1.807, 2.05) is 0 Å². The second-order valence-electron chi connectivity index (χ2n) is 2.22. The van der Waals surface area contributed by atoms with E-state index < -0.39 is 30.8 Å². The van der Waals surface area contributed by atoms with Crippen LogP contribution >= 0.6 is 15.9 Å². The first-order valence-corrected chi connectivity index (χ1v) is 4.31. The Morgan fingerprint density at radius 1 is 1.31 bits per heavy atom. The Bertz CT molecular complexity index is 223. The fourth-order valence-electron chi connectivity index (χ4n) is 0.664. The highest BCUT2D eigenvalue weighted by atomic mass is 79.9. The molecule has 1 unspecified atom stereocenters. The van der Waals surface area contributed by atoms with Gasteiger partial charge in [-0.3, -0.25) is 0 Å². The van der Waals surface area contributed by atoms with Crippen LogP contribution in [-0.4, -0.2) is 44.9 Å². The van der Waals surface area contributed by atoms with E-state index in [2.05, 4.69) is 15.9 Å². The van der Waals surface area contributed by atoms with Crippen LogP contribution in [0.3, 0.4) is 0 Å². The van der Waals surface area contributed by atoms with Crippen molar-refractivity contribution < 1.29 is 25.5 Å². The van der Waals surface area contributed by atoms with E-state index in [1.165, 1.54) is 0 Å². The van der Waals surface area contributed by atoms with Crippen molar-refractivity contribution in [3.05, 3.63) is 22.1 Å². The zero-order valence-electron chi connectivity index (χ0n) is 6.68. The van der Waals surface area contributed by atoms with Gasteiger partial charge in [0.15, 0.2) is 11.5 Å². The lowest BCUT2D eigenvalue weighted by Crippen LogP contribution is -2.20. The summed E-state index contributed by atoms with van der Waals surface area (Å²) in [5.41, 5.74) is -0.240. The zero-order chi connectivity index (χ0) is 10.4. The molecule has 0 aliphatic carbocycles. The maximum Gasteiger partial charge on any atom is 0.164 e. The van der Waals surface area contributed by atoms with Gasteiger partial charge in [-0.2, -0.15) is 0 Å². The monoisotopic (exact) mass is 254 g/mol. The van der Waals surface area contributed by atoms with E-state index in [-0.39, 0.29) is 5.57 Å². The van der Waals surface area contributed by atoms with Crippen LogP contribution in [0.25, 0.3) is 0 Å². The van der Waals surface area contributed by atoms with Crippen LogP contribution in [0, 0.1) is 0 Å². The van der Waals surface area contributed by atoms with Gasteiger partial charge in [-0.05, 0) is 0 Å². The predicted octanol–water partition coefficient (Wildman–Crippen LogP) is -0.0617. The minimum atomic E-state index is -1.39. The summed E-state index contributed by atoms with van der Waals surface area (Å²) in [7, 11) is 0. The third-order valence-electron chi connectivity index (χ3n) is 1.40. The molecule has 0 bridgehead atoms. The van der Waals surface area contributed by atoms with E-state index in [4.69, 9.17) is 20.4 Å². The molecule has 0 saturated carbocycles. The fourth-order valence-corrected chi connectivity index (χ4v) is 0.881. The number of hydrogen-bond donors (Lipinski definition) is 5. The van der Waals surface area contributed by atoms with Gasteiger partial charge < -0.3 is 25.5 Å². The minimum Gasteiger partial charge on any atom is -0.504 e. The molecule has 0 fully saturated rings. The fraction of sp³-hybridized carbons (Fsp3) is 0.429. The van der Waals surface area contributed by atoms with E-state index in [0.29, 0.717) is 0 Å². The Balaban J connectivity index is 4.89. The van der Waals surface area contributed by atoms with Crippen molar-refractivity contribution >= 4 is 15.9 Å². The Kier molecular flexibility index (Phi) is 5.72. The Hall–Kier alpha value is -0.560. The molecule has 5 nitrogen and oxygen atoms in total. The Morgan fingerprint density at radius 3 is 2.15 bits per heavy atom. The van der Waals surface area contributed by atoms with Crippen LogP contribution in [0.4, 0.5) is 0 Å². The largest absolute Gasteiger partial charge is 0.504 e. The molecule has 13 heavy (non-hydrogen) atoms. The smallest absolute Gasteiger partial charge is 0.164 e. The molecule has 0 saturated heterocycles. The molecule has 6 heteroatoms. The molecule has 0 aliphatic rings. The summed E-state index contributed by atoms with van der Waals surface area (Å²) in [6.07, 6.45) is -1.39. The second-order valence-corrected chi connectivity index (χ2v) is 2.68. The van der Waals surface area contributed by atoms with Crippen LogP contribution in [0.15, 0.2) is 22.1 Å². The molecule has 76 valence electrons. The molecule has 0 aliphatic heterocycles. The highest BCUT2D eigenvalue weighted by Crippen LogP contribution is 2.13. The van der Waals surface area contributed by atoms with E-state index in [9.17, 15) is 5.11 Å². The summed E-state index contributed by atoms with van der Waals surface area (Å²) in [5, 5.41) is 44.4. The SMILES string of the molecule is OC/C(=C(O)/C(O)=C/Br)C(O)CO. The molecule has 1 atom stereocenters. The highest BCUT2D eigenvalue weighted by molar-refractivity contribution is 9.11. The van der Waals surface area contributed by atoms with Crippen LogP contribution in [0.1, 0.15) is 0 Å². The van der Waals surface area contributed by atoms with Crippen molar-refractivity contribution in [3.8, 4) is 0 Å². The van der Waals surface area contributed by atoms with Crippen molar-refractivity contribution in [2.75, 3.05) is 13.2 Å². The maximum atomic E-state index is 9.18. The van der Waals surface area contributed by atoms with Gasteiger partial charge in [0.05, 0.1) is 13.2 Å². The van der Waals surface area contributed by atoms with Gasteiger partial charge in [-0.15, -0.1) is 0 Å². The van der Waals surface area contributed by atoms with Gasteiger partial charge in [0.25, 0.3) is 0 Å². The zero-order valence-corrected chi connectivity index (χ0v) is 8.27. The maximum absolute atomic E-state index is 9.18. The summed E-state index contributed by atoms with van der Waals surface area (Å²) in [6.45, 7) is -1.30. The van der Waals surface area contributed by atoms with E-state index in [1.54, 1.807) is 0 Å². The molecule has 5 N–H and O–H groups in total. The summed E-state index contributed by atoms with van der Waals surface area (Å²) in [4.78, 5) is 1.02. The molecule has 0 aromatic rings. The third kappa shape index (κ3) is 3.35. The van der Waals surface area contributed by atoms with Crippen molar-refractivity contribution in [1.29, 1.82) is 0 Å². The molecule has 0 amide bonds. The summed E-state index contributed by atoms with van der Waals surface area (Å²) in [5.74, 6) is -1.18. The topological polar surface area (TPSA) is 101 Å². The van der Waals surface area contributed by atoms with Crippen molar-refractivity contribution in [1.82, 2.24) is 0 Å². The van der Waals surface area contributed by atoms with E-state index in [0.717, 1.165) is 4.99 Å². The molecule has 0 aromatic carbocycles. The van der Waals surface area contributed by atoms with Gasteiger partial charge >= 0.3 is 0 Å². The number of hydrogen-bond acceptors (Lipinski definition) is 5. The molecular weight excluding hydrogens is 244 g/mol. The average Bonchev–Trinajstić information content (AvgIpc) is 2.17. The van der Waals surface area contributed by atoms with Crippen LogP contribution in [0.2, 0.25) is 0 Å². The summed E-state index contributed by atoms with van der Waals surface area (Å²) in [6, 6.07) is 0. The van der Waals surface area contributed by atoms with Crippen LogP contribution in [-0.2, 0) is 0 Å². The van der Waals surface area contributed by atoms with Gasteiger partial charge in [0.1, 0.15) is 6.10 Å². The number of aliphatic hydroxyl groups excluding tert-OH is 5. The Labute approximate surface area is 83.4 Å². The lowest BCUT2D eigenvalue weighted by molar-refractivity contribution is 0.105. The first-order chi connectivity index (χ1) is 6.08. The van der Waals surface area contributed by atoms with Gasteiger partial charge in [0, 0.05) is 10.6 Å². The minimum absolute atomic E-state index is 0.240. The molecule has 0 aromatic heterocycles. The lowest BCUT2D eigenvalue weighted by atomic mass is 10.1. The molecule has 0 radical (unpaired) electrons. The number of rotatable bonds is 4. The first-order valence-electron chi connectivity index (χ1n) is 3.40. The van der Waals surface area contributed by atoms with Crippen molar-refractivity contribution in [3.63, 3.8) is 0 Å². The average molecular weight is 255 g/mol. The third-order valence-corrected chi connectivity index (χ3v) is 1.83. The summed E-state index contributed by atoms with van der Waals surface area (Å²) < 4.78 is 0. The molecule has 0 spiro atoms. The molecule has 0 heterocycles. The van der Waals surface area contributed by atoms with E-state index >= 15 is 0 Å². The lowest BCUT2D eigenvalue weighted by Gasteiger charge is -2.11. The highest BCUT2D eigenvalue weighted by Gasteiger charge is 2.16. The molecular formula is C7H11BrO5. The molecule has 0 rings (SSSR count). The van der Waals surface area contributed by atoms with Crippen LogP contribution in [0.5, 0.6) is 0 Å². The van der Waals surface area contributed by atoms with Crippen LogP contribution < -0.4 is 0 Å². The van der Waals surface area contributed by atoms with Gasteiger partial charge in [-0.25, -0.2) is 0 Å². The normalized spacial score (nSPS) is 16.8. The van der Waals surface area contributed by atoms with Crippen molar-refractivity contribution in [2.24, 2.45) is 0 Å². The van der Waals surface area contributed by atoms with Gasteiger partial charge in [0.2, 0.25) is 0 Å². The van der Waals surface area contributed by atoms with Crippen molar-refractivity contribution in [2.45, 2.75) is 6.10 Å².